The van der Waals surface area contributed by atoms with Crippen molar-refractivity contribution < 1.29 is 14.1 Å². The lowest BCUT2D eigenvalue weighted by Gasteiger charge is -2.08. The Labute approximate surface area is 101 Å². The van der Waals surface area contributed by atoms with Crippen molar-refractivity contribution in [2.75, 3.05) is 7.11 Å². The van der Waals surface area contributed by atoms with Gasteiger partial charge in [0.15, 0.2) is 0 Å². The topological polar surface area (TPSA) is 65.2 Å². The number of aromatic nitrogens is 2. The van der Waals surface area contributed by atoms with Gasteiger partial charge in [0, 0.05) is 13.0 Å². The van der Waals surface area contributed by atoms with E-state index in [0.717, 1.165) is 12.8 Å². The highest BCUT2D eigenvalue weighted by Gasteiger charge is 2.35. The summed E-state index contributed by atoms with van der Waals surface area (Å²) in [5.74, 6) is 1.57. The number of hydrogen-bond donors (Lipinski definition) is 0. The molecule has 5 nitrogen and oxygen atoms in total. The number of methoxy groups -OCH3 is 1. The molecule has 0 aromatic carbocycles. The fraction of sp³-hybridized carbons (Fsp3) is 0.750. The van der Waals surface area contributed by atoms with Crippen LogP contribution in [-0.2, 0) is 16.0 Å². The average molecular weight is 238 g/mol. The molecule has 1 atom stereocenters. The van der Waals surface area contributed by atoms with Crippen molar-refractivity contribution in [2.45, 2.75) is 39.2 Å². The maximum atomic E-state index is 11.5. The first-order chi connectivity index (χ1) is 8.11. The van der Waals surface area contributed by atoms with E-state index in [4.69, 9.17) is 9.26 Å². The highest BCUT2D eigenvalue weighted by Crippen LogP contribution is 2.41. The van der Waals surface area contributed by atoms with Crippen molar-refractivity contribution in [3.05, 3.63) is 11.7 Å². The quantitative estimate of drug-likeness (QED) is 0.757. The van der Waals surface area contributed by atoms with E-state index in [1.807, 2.05) is 13.8 Å². The van der Waals surface area contributed by atoms with Gasteiger partial charge in [-0.1, -0.05) is 19.0 Å². The molecule has 5 heteroatoms. The molecule has 1 aliphatic carbocycles. The molecule has 1 heterocycles. The number of rotatable bonds is 6. The second-order valence-corrected chi connectivity index (χ2v) is 4.84. The van der Waals surface area contributed by atoms with Crippen molar-refractivity contribution >= 4 is 5.78 Å². The second kappa shape index (κ2) is 4.96. The number of carbonyl (C=O) groups is 1. The molecule has 1 aliphatic rings. The van der Waals surface area contributed by atoms with Gasteiger partial charge in [0.05, 0.1) is 6.42 Å². The standard InChI is InChI=1S/C12H18N2O3/c1-7(2)9(15)6-10-13-12(14-17-10)11(16-3)8-4-5-8/h7-8,11H,4-6H2,1-3H3. The first-order valence-corrected chi connectivity index (χ1v) is 5.99. The van der Waals surface area contributed by atoms with Crippen LogP contribution in [-0.4, -0.2) is 23.0 Å². The number of carbonyl (C=O) groups excluding carboxylic acids is 1. The Morgan fingerprint density at radius 1 is 1.53 bits per heavy atom. The van der Waals surface area contributed by atoms with Crippen LogP contribution in [0.15, 0.2) is 4.52 Å². The zero-order valence-electron chi connectivity index (χ0n) is 10.5. The minimum atomic E-state index is -0.0818. The summed E-state index contributed by atoms with van der Waals surface area (Å²) in [6.45, 7) is 3.73. The predicted octanol–water partition coefficient (Wildman–Crippen LogP) is 1.93. The molecule has 1 aromatic heterocycles. The van der Waals surface area contributed by atoms with Crippen molar-refractivity contribution in [2.24, 2.45) is 11.8 Å². The highest BCUT2D eigenvalue weighted by atomic mass is 16.5. The summed E-state index contributed by atoms with van der Waals surface area (Å²) in [4.78, 5) is 15.8. The molecule has 0 saturated heterocycles. The van der Waals surface area contributed by atoms with Crippen LogP contribution in [0.4, 0.5) is 0 Å². The van der Waals surface area contributed by atoms with E-state index in [1.54, 1.807) is 7.11 Å². The summed E-state index contributed by atoms with van der Waals surface area (Å²) in [5.41, 5.74) is 0. The zero-order valence-corrected chi connectivity index (χ0v) is 10.5. The highest BCUT2D eigenvalue weighted by molar-refractivity contribution is 5.81. The van der Waals surface area contributed by atoms with Crippen molar-refractivity contribution in [3.63, 3.8) is 0 Å². The van der Waals surface area contributed by atoms with Gasteiger partial charge in [0.25, 0.3) is 0 Å². The molecule has 1 saturated carbocycles. The molecule has 1 fully saturated rings. The van der Waals surface area contributed by atoms with E-state index in [9.17, 15) is 4.79 Å². The Morgan fingerprint density at radius 2 is 2.24 bits per heavy atom. The minimum Gasteiger partial charge on any atom is -0.373 e. The molecule has 0 N–H and O–H groups in total. The normalized spacial score (nSPS) is 17.4. The fourth-order valence-corrected chi connectivity index (χ4v) is 1.72. The van der Waals surface area contributed by atoms with Crippen LogP contribution in [0.3, 0.4) is 0 Å². The summed E-state index contributed by atoms with van der Waals surface area (Å²) >= 11 is 0. The molecule has 94 valence electrons. The molecule has 1 unspecified atom stereocenters. The van der Waals surface area contributed by atoms with Crippen molar-refractivity contribution in [1.29, 1.82) is 0 Å². The lowest BCUT2D eigenvalue weighted by atomic mass is 10.1. The van der Waals surface area contributed by atoms with E-state index >= 15 is 0 Å². The van der Waals surface area contributed by atoms with E-state index in [1.165, 1.54) is 0 Å². The number of ether oxygens (including phenoxy) is 1. The number of ketones is 1. The zero-order chi connectivity index (χ0) is 12.4. The predicted molar refractivity (Wildman–Crippen MR) is 60.3 cm³/mol. The van der Waals surface area contributed by atoms with E-state index in [2.05, 4.69) is 10.1 Å². The van der Waals surface area contributed by atoms with E-state index in [0.29, 0.717) is 17.6 Å². The van der Waals surface area contributed by atoms with Gasteiger partial charge >= 0.3 is 0 Å². The van der Waals surface area contributed by atoms with Gasteiger partial charge in [-0.05, 0) is 18.8 Å². The summed E-state index contributed by atoms with van der Waals surface area (Å²) in [7, 11) is 1.65. The average Bonchev–Trinajstić information content (AvgIpc) is 3.01. The third kappa shape index (κ3) is 2.91. The molecule has 17 heavy (non-hydrogen) atoms. The SMILES string of the molecule is COC(c1noc(CC(=O)C(C)C)n1)C1CC1. The molecule has 2 rings (SSSR count). The maximum absolute atomic E-state index is 11.5. The number of nitrogens with zero attached hydrogens (tertiary/aromatic N) is 2. The number of hydrogen-bond acceptors (Lipinski definition) is 5. The minimum absolute atomic E-state index is 0.00740. The van der Waals surface area contributed by atoms with Crippen molar-refractivity contribution in [3.8, 4) is 0 Å². The monoisotopic (exact) mass is 238 g/mol. The van der Waals surface area contributed by atoms with Gasteiger partial charge in [-0.15, -0.1) is 0 Å². The molecular weight excluding hydrogens is 220 g/mol. The van der Waals surface area contributed by atoms with Crippen LogP contribution in [0.1, 0.15) is 44.5 Å². The molecule has 0 amide bonds. The molecule has 0 bridgehead atoms. The van der Waals surface area contributed by atoms with Crippen LogP contribution in [0.2, 0.25) is 0 Å². The van der Waals surface area contributed by atoms with Crippen LogP contribution in [0.25, 0.3) is 0 Å². The van der Waals surface area contributed by atoms with E-state index in [-0.39, 0.29) is 24.2 Å². The summed E-state index contributed by atoms with van der Waals surface area (Å²) in [6.07, 6.45) is 2.42. The first-order valence-electron chi connectivity index (χ1n) is 5.99. The molecule has 0 aliphatic heterocycles. The van der Waals surface area contributed by atoms with Crippen LogP contribution in [0, 0.1) is 11.8 Å². The maximum Gasteiger partial charge on any atom is 0.234 e. The van der Waals surface area contributed by atoms with Crippen LogP contribution in [0.5, 0.6) is 0 Å². The van der Waals surface area contributed by atoms with Crippen molar-refractivity contribution in [1.82, 2.24) is 10.1 Å². The van der Waals surface area contributed by atoms with E-state index < -0.39 is 0 Å². The second-order valence-electron chi connectivity index (χ2n) is 4.84. The lowest BCUT2D eigenvalue weighted by molar-refractivity contribution is -0.121. The Hall–Kier alpha value is -1.23. The van der Waals surface area contributed by atoms with Gasteiger partial charge < -0.3 is 9.26 Å². The molecule has 1 aromatic rings. The first kappa shape index (κ1) is 12.2. The summed E-state index contributed by atoms with van der Waals surface area (Å²) in [6, 6.07) is 0. The Bertz CT molecular complexity index is 396. The van der Waals surface area contributed by atoms with Gasteiger partial charge in [0.1, 0.15) is 11.9 Å². The largest absolute Gasteiger partial charge is 0.373 e. The third-order valence-electron chi connectivity index (χ3n) is 3.01. The summed E-state index contributed by atoms with van der Waals surface area (Å²) in [5, 5.41) is 3.90. The molecule has 0 spiro atoms. The summed E-state index contributed by atoms with van der Waals surface area (Å²) < 4.78 is 10.4. The third-order valence-corrected chi connectivity index (χ3v) is 3.01. The Morgan fingerprint density at radius 3 is 2.76 bits per heavy atom. The smallest absolute Gasteiger partial charge is 0.234 e. The molecular formula is C12H18N2O3. The van der Waals surface area contributed by atoms with Gasteiger partial charge in [-0.25, -0.2) is 0 Å². The lowest BCUT2D eigenvalue weighted by Crippen LogP contribution is -2.11. The Balaban J connectivity index is 2.02. The van der Waals surface area contributed by atoms with Crippen LogP contribution < -0.4 is 0 Å². The van der Waals surface area contributed by atoms with Gasteiger partial charge in [-0.2, -0.15) is 4.98 Å². The Kier molecular flexibility index (Phi) is 3.57. The molecule has 0 radical (unpaired) electrons. The van der Waals surface area contributed by atoms with Gasteiger partial charge in [0.2, 0.25) is 11.7 Å². The van der Waals surface area contributed by atoms with Crippen LogP contribution >= 0.6 is 0 Å². The number of Topliss-reactive ketones (excluding diaryl/α,β-unsaturated/α-hetero) is 1. The fourth-order valence-electron chi connectivity index (χ4n) is 1.72. The van der Waals surface area contributed by atoms with Gasteiger partial charge in [-0.3, -0.25) is 4.79 Å².